The van der Waals surface area contributed by atoms with Gasteiger partial charge in [0.15, 0.2) is 0 Å². The molecule has 0 aromatic carbocycles. The average molecular weight is 242 g/mol. The summed E-state index contributed by atoms with van der Waals surface area (Å²) in [6.07, 6.45) is 0. The van der Waals surface area contributed by atoms with Crippen LogP contribution in [0.5, 0.6) is 0 Å². The fraction of sp³-hybridized carbons (Fsp3) is 1.00. The normalized spacial score (nSPS) is 28.1. The van der Waals surface area contributed by atoms with Gasteiger partial charge in [-0.1, -0.05) is 13.8 Å². The maximum atomic E-state index is 6.13. The minimum atomic E-state index is -0.104. The van der Waals surface area contributed by atoms with Crippen LogP contribution in [0.3, 0.4) is 0 Å². The highest BCUT2D eigenvalue weighted by atomic mass is 16.5. The molecule has 0 aromatic rings. The first-order valence-corrected chi connectivity index (χ1v) is 6.68. The van der Waals surface area contributed by atoms with Crippen molar-refractivity contribution in [2.45, 2.75) is 65.2 Å². The molecule has 1 aliphatic rings. The fourth-order valence-corrected chi connectivity index (χ4v) is 2.88. The molecule has 102 valence electrons. The van der Waals surface area contributed by atoms with E-state index in [0.717, 1.165) is 13.1 Å². The van der Waals surface area contributed by atoms with Gasteiger partial charge in [0, 0.05) is 25.2 Å². The third-order valence-electron chi connectivity index (χ3n) is 4.08. The zero-order chi connectivity index (χ0) is 13.5. The second kappa shape index (κ2) is 4.52. The van der Waals surface area contributed by atoms with Gasteiger partial charge in [-0.3, -0.25) is 4.90 Å². The Morgan fingerprint density at radius 3 is 1.88 bits per heavy atom. The van der Waals surface area contributed by atoms with E-state index in [1.54, 1.807) is 0 Å². The van der Waals surface area contributed by atoms with Crippen molar-refractivity contribution in [2.24, 2.45) is 11.7 Å². The number of morpholine rings is 1. The number of nitrogens with zero attached hydrogens (tertiary/aromatic N) is 1. The zero-order valence-corrected chi connectivity index (χ0v) is 12.6. The molecular formula is C14H30N2O. The van der Waals surface area contributed by atoms with Gasteiger partial charge >= 0.3 is 0 Å². The Morgan fingerprint density at radius 1 is 1.18 bits per heavy atom. The average Bonchev–Trinajstić information content (AvgIpc) is 2.11. The summed E-state index contributed by atoms with van der Waals surface area (Å²) in [5.74, 6) is 0.539. The van der Waals surface area contributed by atoms with E-state index in [-0.39, 0.29) is 16.7 Å². The Balaban J connectivity index is 2.97. The first-order valence-electron chi connectivity index (χ1n) is 6.68. The lowest BCUT2D eigenvalue weighted by atomic mass is 9.83. The smallest absolute Gasteiger partial charge is 0.0761 e. The van der Waals surface area contributed by atoms with Crippen LogP contribution in [0.25, 0.3) is 0 Å². The number of nitrogens with two attached hydrogens (primary N) is 1. The van der Waals surface area contributed by atoms with E-state index in [9.17, 15) is 0 Å². The lowest BCUT2D eigenvalue weighted by Gasteiger charge is -2.54. The van der Waals surface area contributed by atoms with Gasteiger partial charge < -0.3 is 10.5 Å². The van der Waals surface area contributed by atoms with Crippen LogP contribution in [-0.2, 0) is 4.74 Å². The van der Waals surface area contributed by atoms with Crippen LogP contribution in [0.1, 0.15) is 48.5 Å². The number of hydrogen-bond acceptors (Lipinski definition) is 3. The first kappa shape index (κ1) is 14.9. The van der Waals surface area contributed by atoms with Crippen molar-refractivity contribution >= 4 is 0 Å². The van der Waals surface area contributed by atoms with E-state index in [2.05, 4.69) is 53.4 Å². The lowest BCUT2D eigenvalue weighted by Crippen LogP contribution is -2.66. The van der Waals surface area contributed by atoms with Crippen LogP contribution in [0, 0.1) is 5.92 Å². The molecule has 1 rings (SSSR count). The van der Waals surface area contributed by atoms with Gasteiger partial charge in [-0.2, -0.15) is 0 Å². The molecule has 0 amide bonds. The second-order valence-electron chi connectivity index (χ2n) is 7.19. The molecule has 1 aliphatic heterocycles. The first-order chi connectivity index (χ1) is 7.52. The predicted molar refractivity (Wildman–Crippen MR) is 73.1 cm³/mol. The Morgan fingerprint density at radius 2 is 1.59 bits per heavy atom. The highest BCUT2D eigenvalue weighted by Gasteiger charge is 2.45. The summed E-state index contributed by atoms with van der Waals surface area (Å²) in [5.41, 5.74) is 5.88. The second-order valence-corrected chi connectivity index (χ2v) is 7.19. The summed E-state index contributed by atoms with van der Waals surface area (Å²) in [7, 11) is 0. The van der Waals surface area contributed by atoms with Crippen LogP contribution >= 0.6 is 0 Å². The highest BCUT2D eigenvalue weighted by molar-refractivity contribution is 4.99. The molecule has 2 N–H and O–H groups in total. The van der Waals surface area contributed by atoms with E-state index in [1.165, 1.54) is 0 Å². The van der Waals surface area contributed by atoms with Crippen LogP contribution in [0.15, 0.2) is 0 Å². The molecule has 1 saturated heterocycles. The van der Waals surface area contributed by atoms with Crippen LogP contribution in [-0.4, -0.2) is 41.3 Å². The largest absolute Gasteiger partial charge is 0.367 e. The van der Waals surface area contributed by atoms with Crippen molar-refractivity contribution in [3.05, 3.63) is 0 Å². The summed E-state index contributed by atoms with van der Waals surface area (Å²) >= 11 is 0. The van der Waals surface area contributed by atoms with E-state index in [0.29, 0.717) is 12.5 Å². The van der Waals surface area contributed by atoms with Gasteiger partial charge in [-0.25, -0.2) is 0 Å². The molecule has 1 atom stereocenters. The maximum Gasteiger partial charge on any atom is 0.0761 e. The molecule has 1 heterocycles. The van der Waals surface area contributed by atoms with E-state index in [4.69, 9.17) is 10.5 Å². The topological polar surface area (TPSA) is 38.5 Å². The fourth-order valence-electron chi connectivity index (χ4n) is 2.88. The van der Waals surface area contributed by atoms with E-state index in [1.807, 2.05) is 0 Å². The zero-order valence-electron chi connectivity index (χ0n) is 12.6. The van der Waals surface area contributed by atoms with Gasteiger partial charge in [-0.05, 0) is 40.5 Å². The minimum absolute atomic E-state index is 0.0539. The standard InChI is InChI=1S/C14H30N2O/c1-11(2)14(7,8-15)16-9-12(3,4)17-13(5,6)10-16/h11H,8-10,15H2,1-7H3. The van der Waals surface area contributed by atoms with Gasteiger partial charge in [0.05, 0.1) is 11.2 Å². The monoisotopic (exact) mass is 242 g/mol. The number of rotatable bonds is 3. The summed E-state index contributed by atoms with van der Waals surface area (Å²) < 4.78 is 6.13. The van der Waals surface area contributed by atoms with Gasteiger partial charge in [0.2, 0.25) is 0 Å². The molecular weight excluding hydrogens is 212 g/mol. The molecule has 0 bridgehead atoms. The van der Waals surface area contributed by atoms with E-state index < -0.39 is 0 Å². The lowest BCUT2D eigenvalue weighted by molar-refractivity contribution is -0.201. The van der Waals surface area contributed by atoms with Crippen molar-refractivity contribution < 1.29 is 4.74 Å². The summed E-state index contributed by atoms with van der Waals surface area (Å²) in [5, 5.41) is 0. The van der Waals surface area contributed by atoms with Crippen molar-refractivity contribution in [1.29, 1.82) is 0 Å². The van der Waals surface area contributed by atoms with Crippen molar-refractivity contribution in [3.63, 3.8) is 0 Å². The number of ether oxygens (including phenoxy) is 1. The molecule has 3 heteroatoms. The van der Waals surface area contributed by atoms with Crippen LogP contribution in [0.2, 0.25) is 0 Å². The minimum Gasteiger partial charge on any atom is -0.367 e. The summed E-state index contributed by atoms with van der Waals surface area (Å²) in [6.45, 7) is 18.0. The van der Waals surface area contributed by atoms with Crippen LogP contribution < -0.4 is 5.73 Å². The molecule has 0 spiro atoms. The van der Waals surface area contributed by atoms with Gasteiger partial charge in [-0.15, -0.1) is 0 Å². The summed E-state index contributed by atoms with van der Waals surface area (Å²) in [4.78, 5) is 2.52. The third kappa shape index (κ3) is 3.21. The predicted octanol–water partition coefficient (Wildman–Crippen LogP) is 2.25. The Labute approximate surface area is 107 Å². The van der Waals surface area contributed by atoms with Crippen LogP contribution in [0.4, 0.5) is 0 Å². The molecule has 1 unspecified atom stereocenters. The summed E-state index contributed by atoms with van der Waals surface area (Å²) in [6, 6.07) is 0. The van der Waals surface area contributed by atoms with Crippen molar-refractivity contribution in [1.82, 2.24) is 4.90 Å². The maximum absolute atomic E-state index is 6.13. The molecule has 3 nitrogen and oxygen atoms in total. The molecule has 0 aliphatic carbocycles. The Kier molecular flexibility index (Phi) is 3.98. The SMILES string of the molecule is CC(C)C(C)(CN)N1CC(C)(C)OC(C)(C)C1. The van der Waals surface area contributed by atoms with Gasteiger partial charge in [0.25, 0.3) is 0 Å². The van der Waals surface area contributed by atoms with E-state index >= 15 is 0 Å². The Bertz CT molecular complexity index is 257. The molecule has 17 heavy (non-hydrogen) atoms. The quantitative estimate of drug-likeness (QED) is 0.825. The van der Waals surface area contributed by atoms with Gasteiger partial charge in [0.1, 0.15) is 0 Å². The van der Waals surface area contributed by atoms with Crippen molar-refractivity contribution in [3.8, 4) is 0 Å². The molecule has 0 radical (unpaired) electrons. The third-order valence-corrected chi connectivity index (χ3v) is 4.08. The molecule has 0 aromatic heterocycles. The molecule has 0 saturated carbocycles. The Hall–Kier alpha value is -0.120. The molecule has 1 fully saturated rings. The highest BCUT2D eigenvalue weighted by Crippen LogP contribution is 2.34. The number of hydrogen-bond donors (Lipinski definition) is 1. The van der Waals surface area contributed by atoms with Crippen molar-refractivity contribution in [2.75, 3.05) is 19.6 Å².